The van der Waals surface area contributed by atoms with Crippen LogP contribution in [0.2, 0.25) is 0 Å². The average Bonchev–Trinajstić information content (AvgIpc) is 2.70. The van der Waals surface area contributed by atoms with Gasteiger partial charge in [-0.1, -0.05) is 24.3 Å². The minimum Gasteiger partial charge on any atom is -0.343 e. The van der Waals surface area contributed by atoms with E-state index in [1.165, 1.54) is 24.3 Å². The number of aromatic nitrogens is 2. The zero-order chi connectivity index (χ0) is 21.4. The molecule has 7 nitrogen and oxygen atoms in total. The van der Waals surface area contributed by atoms with Crippen LogP contribution < -0.4 is 10.9 Å². The molecule has 0 saturated carbocycles. The quantitative estimate of drug-likeness (QED) is 0.332. The Morgan fingerprint density at radius 2 is 1.37 bits per heavy atom. The molecule has 2 aromatic heterocycles. The van der Waals surface area contributed by atoms with Crippen molar-refractivity contribution in [3.05, 3.63) is 80.6 Å². The molecule has 0 spiro atoms. The van der Waals surface area contributed by atoms with Gasteiger partial charge in [0.1, 0.15) is 0 Å². The number of benzene rings is 3. The Kier molecular flexibility index (Phi) is 3.71. The second kappa shape index (κ2) is 6.01. The fourth-order valence-electron chi connectivity index (χ4n) is 4.31. The van der Waals surface area contributed by atoms with E-state index in [0.717, 1.165) is 11.1 Å². The summed E-state index contributed by atoms with van der Waals surface area (Å²) in [5.74, 6) is 0. The third-order valence-electron chi connectivity index (χ3n) is 5.60. The van der Waals surface area contributed by atoms with Crippen LogP contribution in [-0.2, 0) is 17.4 Å². The molecule has 2 heterocycles. The van der Waals surface area contributed by atoms with E-state index in [1.807, 2.05) is 17.6 Å². The minimum atomic E-state index is -4.74. The Balaban J connectivity index is 2.17. The largest absolute Gasteiger partial charge is 0.364 e. The maximum Gasteiger partial charge on any atom is 0.364 e. The molecule has 5 aromatic rings. The number of hydrogen-bond acceptors (Lipinski definition) is 4. The van der Waals surface area contributed by atoms with Crippen LogP contribution in [0, 0.1) is 6.92 Å². The third-order valence-corrected chi connectivity index (χ3v) is 6.45. The predicted molar refractivity (Wildman–Crippen MR) is 118 cm³/mol. The fourth-order valence-corrected chi connectivity index (χ4v) is 5.11. The smallest absolute Gasteiger partial charge is 0.343 e. The first-order chi connectivity index (χ1) is 14.2. The van der Waals surface area contributed by atoms with Gasteiger partial charge in [0.05, 0.1) is 22.1 Å². The third kappa shape index (κ3) is 2.38. The van der Waals surface area contributed by atoms with Crippen LogP contribution >= 0.6 is 0 Å². The highest BCUT2D eigenvalue weighted by molar-refractivity contribution is 7.84. The van der Waals surface area contributed by atoms with Gasteiger partial charge >= 0.3 is 10.3 Å². The van der Waals surface area contributed by atoms with E-state index in [0.29, 0.717) is 14.9 Å². The Morgan fingerprint density at radius 3 is 2.10 bits per heavy atom. The molecule has 30 heavy (non-hydrogen) atoms. The van der Waals surface area contributed by atoms with Gasteiger partial charge in [0.25, 0.3) is 0 Å². The molecule has 0 aliphatic carbocycles. The van der Waals surface area contributed by atoms with E-state index in [9.17, 15) is 22.6 Å². The van der Waals surface area contributed by atoms with Crippen molar-refractivity contribution in [1.82, 2.24) is 8.54 Å². The number of rotatable bonds is 1. The maximum atomic E-state index is 13.2. The Hall–Kier alpha value is -3.49. The second-order valence-electron chi connectivity index (χ2n) is 7.33. The number of hydrogen-bond donors (Lipinski definition) is 1. The van der Waals surface area contributed by atoms with Crippen LogP contribution in [-0.4, -0.2) is 21.5 Å². The molecule has 0 fully saturated rings. The van der Waals surface area contributed by atoms with Gasteiger partial charge in [-0.05, 0) is 42.8 Å². The number of para-hydroxylation sites is 2. The summed E-state index contributed by atoms with van der Waals surface area (Å²) in [5.41, 5.74) is 1.51. The van der Waals surface area contributed by atoms with Gasteiger partial charge in [-0.3, -0.25) is 14.1 Å². The summed E-state index contributed by atoms with van der Waals surface area (Å²) < 4.78 is 37.0. The van der Waals surface area contributed by atoms with Crippen molar-refractivity contribution in [3.63, 3.8) is 0 Å². The molecule has 0 unspecified atom stereocenters. The summed E-state index contributed by atoms with van der Waals surface area (Å²) in [5, 5.41) is 1.01. The van der Waals surface area contributed by atoms with E-state index < -0.39 is 10.3 Å². The highest BCUT2D eigenvalue weighted by Gasteiger charge is 2.20. The van der Waals surface area contributed by atoms with Gasteiger partial charge in [-0.25, -0.2) is 3.97 Å². The summed E-state index contributed by atoms with van der Waals surface area (Å²) >= 11 is 0. The predicted octanol–water partition coefficient (Wildman–Crippen LogP) is 3.12. The first kappa shape index (κ1) is 18.5. The van der Waals surface area contributed by atoms with Crippen LogP contribution in [0.15, 0.2) is 64.2 Å². The van der Waals surface area contributed by atoms with Crippen molar-refractivity contribution in [2.75, 3.05) is 0 Å². The van der Waals surface area contributed by atoms with Crippen molar-refractivity contribution in [2.45, 2.75) is 6.92 Å². The van der Waals surface area contributed by atoms with E-state index in [-0.39, 0.29) is 38.0 Å². The normalized spacial score (nSPS) is 12.4. The molecule has 0 amide bonds. The average molecular weight is 420 g/mol. The van der Waals surface area contributed by atoms with Crippen molar-refractivity contribution in [3.8, 4) is 0 Å². The molecular formula is C22H16N2O5S. The molecule has 8 heteroatoms. The minimum absolute atomic E-state index is 0.0437. The van der Waals surface area contributed by atoms with Crippen LogP contribution in [0.5, 0.6) is 0 Å². The lowest BCUT2D eigenvalue weighted by atomic mass is 10.0. The Bertz CT molecular complexity index is 1780. The summed E-state index contributed by atoms with van der Waals surface area (Å²) in [4.78, 5) is 26.4. The number of aryl methyl sites for hydroxylation is 2. The topological polar surface area (TPSA) is 98.4 Å². The second-order valence-corrected chi connectivity index (χ2v) is 8.60. The van der Waals surface area contributed by atoms with Gasteiger partial charge in [-0.15, -0.1) is 0 Å². The molecule has 0 atom stereocenters. The molecule has 150 valence electrons. The molecule has 0 saturated heterocycles. The maximum absolute atomic E-state index is 13.2. The summed E-state index contributed by atoms with van der Waals surface area (Å²) in [6.07, 6.45) is 0. The Labute approximate surface area is 170 Å². The standard InChI is InChI=1S/C22H16N2O5S/c1-12-6-5-8-14-20(12)23(2)18-10-16-19(11-15(18)22(14)26)24(30(27,28)29)17-9-4-3-7-13(17)21(16)25/h3-11H,1-2H3,(H,27,28,29). The van der Waals surface area contributed by atoms with E-state index >= 15 is 0 Å². The molecule has 0 aliphatic rings. The lowest BCUT2D eigenvalue weighted by Gasteiger charge is -2.16. The molecular weight excluding hydrogens is 404 g/mol. The van der Waals surface area contributed by atoms with Gasteiger partial charge in [0.2, 0.25) is 0 Å². The van der Waals surface area contributed by atoms with Crippen LogP contribution in [0.25, 0.3) is 43.6 Å². The van der Waals surface area contributed by atoms with E-state index in [4.69, 9.17) is 0 Å². The lowest BCUT2D eigenvalue weighted by molar-refractivity contribution is 0.476. The number of fused-ring (bicyclic) bond motifs is 4. The Morgan fingerprint density at radius 1 is 0.767 bits per heavy atom. The fraction of sp³-hybridized carbons (Fsp3) is 0.0909. The van der Waals surface area contributed by atoms with E-state index in [1.54, 1.807) is 31.3 Å². The molecule has 1 N–H and O–H groups in total. The van der Waals surface area contributed by atoms with Crippen molar-refractivity contribution < 1.29 is 13.0 Å². The molecule has 0 aliphatic heterocycles. The van der Waals surface area contributed by atoms with Gasteiger partial charge in [-0.2, -0.15) is 8.42 Å². The molecule has 5 rings (SSSR count). The van der Waals surface area contributed by atoms with E-state index in [2.05, 4.69) is 0 Å². The zero-order valence-electron chi connectivity index (χ0n) is 16.1. The van der Waals surface area contributed by atoms with Gasteiger partial charge < -0.3 is 4.57 Å². The monoisotopic (exact) mass is 420 g/mol. The highest BCUT2D eigenvalue weighted by atomic mass is 32.2. The number of pyridine rings is 2. The van der Waals surface area contributed by atoms with Crippen LogP contribution in [0.3, 0.4) is 0 Å². The SMILES string of the molecule is Cc1cccc2c(=O)c3cc4c(cc3n(C)c12)c(=O)c1ccccc1n4S(=O)(=O)O. The first-order valence-electron chi connectivity index (χ1n) is 9.17. The van der Waals surface area contributed by atoms with Crippen molar-refractivity contribution >= 4 is 53.9 Å². The lowest BCUT2D eigenvalue weighted by Crippen LogP contribution is -2.19. The number of nitrogens with zero attached hydrogens (tertiary/aromatic N) is 2. The van der Waals surface area contributed by atoms with Crippen molar-refractivity contribution in [2.24, 2.45) is 7.05 Å². The summed E-state index contributed by atoms with van der Waals surface area (Å²) in [7, 11) is -2.95. The first-order valence-corrected chi connectivity index (χ1v) is 10.6. The summed E-state index contributed by atoms with van der Waals surface area (Å²) in [6, 6.07) is 14.4. The van der Waals surface area contributed by atoms with Gasteiger partial charge in [0, 0.05) is 28.6 Å². The summed E-state index contributed by atoms with van der Waals surface area (Å²) in [6.45, 7) is 1.90. The van der Waals surface area contributed by atoms with Gasteiger partial charge in [0.15, 0.2) is 10.9 Å². The zero-order valence-corrected chi connectivity index (χ0v) is 16.9. The van der Waals surface area contributed by atoms with Crippen LogP contribution in [0.1, 0.15) is 5.56 Å². The molecule has 3 aromatic carbocycles. The van der Waals surface area contributed by atoms with Crippen molar-refractivity contribution in [1.29, 1.82) is 0 Å². The highest BCUT2D eigenvalue weighted by Crippen LogP contribution is 2.27. The van der Waals surface area contributed by atoms with Crippen LogP contribution in [0.4, 0.5) is 0 Å². The molecule has 0 bridgehead atoms. The molecule has 0 radical (unpaired) electrons.